The second-order valence-corrected chi connectivity index (χ2v) is 2.46. The van der Waals surface area contributed by atoms with Crippen molar-refractivity contribution in [3.8, 4) is 0 Å². The first-order chi connectivity index (χ1) is 5.78. The van der Waals surface area contributed by atoms with Crippen molar-refractivity contribution in [3.63, 3.8) is 0 Å². The van der Waals surface area contributed by atoms with Crippen LogP contribution in [0.3, 0.4) is 0 Å². The molecular formula is C6H7CeO8. The van der Waals surface area contributed by atoms with E-state index in [0.29, 0.717) is 0 Å². The summed E-state index contributed by atoms with van der Waals surface area (Å²) in [6.45, 7) is 0. The van der Waals surface area contributed by atoms with E-state index in [-0.39, 0.29) is 47.2 Å². The van der Waals surface area contributed by atoms with Crippen LogP contribution < -0.4 is 5.11 Å². The van der Waals surface area contributed by atoms with E-state index in [0.717, 1.165) is 0 Å². The Labute approximate surface area is 118 Å². The van der Waals surface area contributed by atoms with Crippen LogP contribution >= 0.6 is 0 Å². The molecular weight excluding hydrogens is 340 g/mol. The molecule has 0 fully saturated rings. The van der Waals surface area contributed by atoms with Gasteiger partial charge in [-0.3, -0.25) is 4.79 Å². The molecule has 0 aliphatic carbocycles. The molecule has 15 heavy (non-hydrogen) atoms. The van der Waals surface area contributed by atoms with Gasteiger partial charge in [-0.2, -0.15) is 0 Å². The minimum atomic E-state index is -2.80. The first-order valence-electron chi connectivity index (χ1n) is 3.15. The number of hydrogen-bond donors (Lipinski definition) is 3. The van der Waals surface area contributed by atoms with Crippen LogP contribution in [0.15, 0.2) is 0 Å². The van der Waals surface area contributed by atoms with Crippen molar-refractivity contribution >= 4 is 17.9 Å². The van der Waals surface area contributed by atoms with Gasteiger partial charge in [-0.25, -0.2) is 4.79 Å². The fourth-order valence-electron chi connectivity index (χ4n) is 0.703. The zero-order chi connectivity index (χ0) is 10.6. The maximum absolute atomic E-state index is 10.3. The maximum atomic E-state index is 10.3. The molecule has 0 amide bonds. The normalized spacial score (nSPS) is 12.6. The number of carbonyl (C=O) groups is 3. The minimum absolute atomic E-state index is 0. The minimum Gasteiger partial charge on any atom is -2.00 e. The standard InChI is InChI=1S/C6H8O7.Ce.O/c7-3(8)1-6(13,5(11)12)2-4(9)10;;/h13H,1-2H2,(H,7,8)(H,9,10)(H,11,12);;/q;+3;-2/p-1. The first-order valence-corrected chi connectivity index (χ1v) is 3.15. The Hall–Kier alpha value is -0.293. The second-order valence-electron chi connectivity index (χ2n) is 2.46. The summed E-state index contributed by atoms with van der Waals surface area (Å²) in [7, 11) is 0. The van der Waals surface area contributed by atoms with E-state index in [1.165, 1.54) is 0 Å². The molecule has 1 radical (unpaired) electrons. The van der Waals surface area contributed by atoms with Crippen LogP contribution in [0.4, 0.5) is 0 Å². The molecule has 0 rings (SSSR count). The summed E-state index contributed by atoms with van der Waals surface area (Å²) >= 11 is 0. The summed E-state index contributed by atoms with van der Waals surface area (Å²) in [6, 6.07) is 0. The molecule has 9 heteroatoms. The number of carboxylic acids is 3. The molecule has 3 N–H and O–H groups in total. The van der Waals surface area contributed by atoms with Gasteiger partial charge in [-0.05, 0) is 0 Å². The summed E-state index contributed by atoms with van der Waals surface area (Å²) in [5.74, 6) is -5.34. The molecule has 8 nitrogen and oxygen atoms in total. The van der Waals surface area contributed by atoms with Gasteiger partial charge in [0.05, 0.1) is 6.42 Å². The summed E-state index contributed by atoms with van der Waals surface area (Å²) in [5.41, 5.74) is -2.80. The predicted molar refractivity (Wildman–Crippen MR) is 35.1 cm³/mol. The van der Waals surface area contributed by atoms with Gasteiger partial charge in [0.25, 0.3) is 0 Å². The number of carbonyl (C=O) groups excluding carboxylic acids is 1. The number of carboxylic acid groups (broad SMARTS) is 3. The van der Waals surface area contributed by atoms with Crippen LogP contribution in [0.5, 0.6) is 0 Å². The van der Waals surface area contributed by atoms with Crippen LogP contribution in [-0.2, 0) is 19.9 Å². The quantitative estimate of drug-likeness (QED) is 0.487. The topological polar surface area (TPSA) is 163 Å². The van der Waals surface area contributed by atoms with Gasteiger partial charge in [0.1, 0.15) is 0 Å². The molecule has 0 aliphatic heterocycles. The zero-order valence-corrected chi connectivity index (χ0v) is 10.4. The van der Waals surface area contributed by atoms with Gasteiger partial charge in [0.15, 0.2) is 5.60 Å². The molecule has 1 atom stereocenters. The van der Waals surface area contributed by atoms with E-state index in [4.69, 9.17) is 15.3 Å². The van der Waals surface area contributed by atoms with Gasteiger partial charge in [0, 0.05) is 12.4 Å². The Bertz CT molecular complexity index is 234. The van der Waals surface area contributed by atoms with Crippen molar-refractivity contribution in [2.45, 2.75) is 18.4 Å². The van der Waals surface area contributed by atoms with Gasteiger partial charge in [-0.1, -0.05) is 0 Å². The van der Waals surface area contributed by atoms with E-state index in [2.05, 4.69) is 0 Å². The molecule has 83 valence electrons. The smallest absolute Gasteiger partial charge is 2.00 e. The fraction of sp³-hybridized carbons (Fsp3) is 0.500. The number of aliphatic carboxylic acids is 3. The van der Waals surface area contributed by atoms with Gasteiger partial charge in [0.2, 0.25) is 0 Å². The largest absolute Gasteiger partial charge is 3.00 e. The molecule has 0 aliphatic rings. The molecule has 0 spiro atoms. The van der Waals surface area contributed by atoms with Crippen LogP contribution in [0.25, 0.3) is 0 Å². The van der Waals surface area contributed by atoms with Crippen molar-refractivity contribution in [1.29, 1.82) is 0 Å². The van der Waals surface area contributed by atoms with Gasteiger partial charge < -0.3 is 30.7 Å². The van der Waals surface area contributed by atoms with E-state index >= 15 is 0 Å². The average Bonchev–Trinajstić information content (AvgIpc) is 1.82. The Morgan fingerprint density at radius 3 is 1.73 bits per heavy atom. The first kappa shape index (κ1) is 20.2. The van der Waals surface area contributed by atoms with E-state index in [9.17, 15) is 19.5 Å². The fourth-order valence-corrected chi connectivity index (χ4v) is 0.703. The van der Waals surface area contributed by atoms with Crippen LogP contribution in [0.1, 0.15) is 12.8 Å². The van der Waals surface area contributed by atoms with Gasteiger partial charge in [-0.15, -0.1) is 0 Å². The number of hydrogen-bond acceptors (Lipinski definition) is 5. The molecule has 0 heterocycles. The molecule has 0 aromatic rings. The number of aliphatic hydroxyl groups is 1. The maximum Gasteiger partial charge on any atom is 3.00 e. The number of rotatable bonds is 5. The SMILES string of the molecule is O=C([O-])CC(O)(CC(=O)O)C(=O)O.[Ce+3].[O-2]. The van der Waals surface area contributed by atoms with Crippen molar-refractivity contribution in [2.75, 3.05) is 0 Å². The molecule has 0 aromatic carbocycles. The molecule has 0 bridgehead atoms. The molecule has 1 unspecified atom stereocenters. The molecule has 0 saturated heterocycles. The third-order valence-corrected chi connectivity index (χ3v) is 1.28. The Balaban J connectivity index is -0.000000720. The van der Waals surface area contributed by atoms with Crippen LogP contribution in [0.2, 0.25) is 0 Å². The Kier molecular flexibility index (Phi) is 10.7. The third kappa shape index (κ3) is 7.61. The van der Waals surface area contributed by atoms with Crippen molar-refractivity contribution < 1.29 is 82.0 Å². The van der Waals surface area contributed by atoms with E-state index in [1.54, 1.807) is 0 Å². The van der Waals surface area contributed by atoms with E-state index < -0.39 is 36.4 Å². The van der Waals surface area contributed by atoms with Gasteiger partial charge >= 0.3 is 53.7 Å². The summed E-state index contributed by atoms with van der Waals surface area (Å²) in [4.78, 5) is 30.3. The Morgan fingerprint density at radius 1 is 1.13 bits per heavy atom. The van der Waals surface area contributed by atoms with Crippen LogP contribution in [-0.4, -0.2) is 38.8 Å². The summed E-state index contributed by atoms with van der Waals surface area (Å²) in [5, 5.41) is 35.5. The molecule has 0 saturated carbocycles. The zero-order valence-electron chi connectivity index (χ0n) is 7.30. The van der Waals surface area contributed by atoms with Crippen molar-refractivity contribution in [1.82, 2.24) is 0 Å². The van der Waals surface area contributed by atoms with Crippen molar-refractivity contribution in [3.05, 3.63) is 0 Å². The monoisotopic (exact) mass is 347 g/mol. The summed E-state index contributed by atoms with van der Waals surface area (Å²) < 4.78 is 0. The summed E-state index contributed by atoms with van der Waals surface area (Å²) in [6.07, 6.45) is -2.44. The second kappa shape index (κ2) is 7.93. The van der Waals surface area contributed by atoms with Crippen molar-refractivity contribution in [2.24, 2.45) is 0 Å². The van der Waals surface area contributed by atoms with Crippen LogP contribution in [0, 0.1) is 41.7 Å². The average molecular weight is 347 g/mol. The van der Waals surface area contributed by atoms with E-state index in [1.807, 2.05) is 0 Å². The Morgan fingerprint density at radius 2 is 1.53 bits per heavy atom. The predicted octanol–water partition coefficient (Wildman–Crippen LogP) is -2.70. The third-order valence-electron chi connectivity index (χ3n) is 1.28. The molecule has 0 aromatic heterocycles.